The molecule has 0 saturated carbocycles. The number of aromatic hydroxyl groups is 1. The van der Waals surface area contributed by atoms with Gasteiger partial charge in [-0.05, 0) is 40.2 Å². The first-order chi connectivity index (χ1) is 13.4. The first kappa shape index (κ1) is 19.9. The van der Waals surface area contributed by atoms with Gasteiger partial charge in [0.25, 0.3) is 0 Å². The number of benzene rings is 2. The van der Waals surface area contributed by atoms with E-state index in [1.54, 1.807) is 30.3 Å². The van der Waals surface area contributed by atoms with E-state index in [1.807, 2.05) is 0 Å². The maximum atomic E-state index is 12.6. The molecule has 2 aromatic carbocycles. The number of rotatable bonds is 4. The van der Waals surface area contributed by atoms with Gasteiger partial charge in [-0.1, -0.05) is 29.8 Å². The van der Waals surface area contributed by atoms with Crippen LogP contribution in [0.1, 0.15) is 20.8 Å². The summed E-state index contributed by atoms with van der Waals surface area (Å²) in [6.07, 6.45) is 0. The average molecular weight is 466 g/mol. The van der Waals surface area contributed by atoms with E-state index in [0.29, 0.717) is 10.2 Å². The van der Waals surface area contributed by atoms with Crippen molar-refractivity contribution in [2.45, 2.75) is 0 Å². The van der Waals surface area contributed by atoms with Gasteiger partial charge in [-0.3, -0.25) is 0 Å². The number of hydrogen-bond acceptors (Lipinski definition) is 6. The van der Waals surface area contributed by atoms with Crippen LogP contribution in [0.4, 0.5) is 0 Å². The molecule has 144 valence electrons. The Morgan fingerprint density at radius 3 is 2.32 bits per heavy atom. The number of ether oxygens (including phenoxy) is 2. The molecule has 3 rings (SSSR count). The fourth-order valence-corrected chi connectivity index (χ4v) is 3.38. The van der Waals surface area contributed by atoms with Crippen molar-refractivity contribution < 1.29 is 24.2 Å². The summed E-state index contributed by atoms with van der Waals surface area (Å²) in [6, 6.07) is 11.6. The van der Waals surface area contributed by atoms with Gasteiger partial charge in [0.15, 0.2) is 5.69 Å². The third kappa shape index (κ3) is 3.36. The lowest BCUT2D eigenvalue weighted by Gasteiger charge is -2.08. The average Bonchev–Trinajstić information content (AvgIpc) is 3.10. The summed E-state index contributed by atoms with van der Waals surface area (Å²) in [6.45, 7) is 0. The molecule has 1 aromatic heterocycles. The first-order valence-electron chi connectivity index (χ1n) is 7.93. The summed E-state index contributed by atoms with van der Waals surface area (Å²) in [4.78, 5) is 25.1. The summed E-state index contributed by atoms with van der Waals surface area (Å²) in [7, 11) is 2.37. The van der Waals surface area contributed by atoms with Crippen molar-refractivity contribution >= 4 is 39.5 Å². The summed E-state index contributed by atoms with van der Waals surface area (Å²) in [5, 5.41) is 15.1. The lowest BCUT2D eigenvalue weighted by molar-refractivity contribution is 0.0549. The van der Waals surface area contributed by atoms with Crippen LogP contribution in [-0.4, -0.2) is 41.0 Å². The van der Waals surface area contributed by atoms with E-state index in [-0.39, 0.29) is 33.3 Å². The second kappa shape index (κ2) is 8.04. The van der Waals surface area contributed by atoms with Crippen molar-refractivity contribution in [1.82, 2.24) is 9.78 Å². The minimum atomic E-state index is -0.816. The predicted octanol–water partition coefficient (Wildman–Crippen LogP) is 4.23. The molecule has 1 heterocycles. The Balaban J connectivity index is 2.45. The summed E-state index contributed by atoms with van der Waals surface area (Å²) >= 11 is 9.46. The van der Waals surface area contributed by atoms with Crippen LogP contribution in [0.2, 0.25) is 5.02 Å². The Labute approximate surface area is 173 Å². The van der Waals surface area contributed by atoms with Gasteiger partial charge in [-0.15, -0.1) is 0 Å². The van der Waals surface area contributed by atoms with Gasteiger partial charge >= 0.3 is 11.9 Å². The summed E-state index contributed by atoms with van der Waals surface area (Å²) in [5.41, 5.74) is 0.381. The topological polar surface area (TPSA) is 90.6 Å². The van der Waals surface area contributed by atoms with Crippen LogP contribution < -0.4 is 0 Å². The normalized spacial score (nSPS) is 10.6. The van der Waals surface area contributed by atoms with E-state index in [9.17, 15) is 14.7 Å². The van der Waals surface area contributed by atoms with Crippen LogP contribution in [-0.2, 0) is 9.47 Å². The van der Waals surface area contributed by atoms with Gasteiger partial charge in [-0.25, -0.2) is 14.3 Å². The number of phenols is 1. The number of carbonyl (C=O) groups is 2. The van der Waals surface area contributed by atoms with Crippen molar-refractivity contribution in [2.75, 3.05) is 14.2 Å². The molecule has 9 heteroatoms. The standard InChI is InChI=1S/C19H14BrClN2O5/c1-27-18(25)14-16(13-12(24)9-8-11(21)15(13)20)22-23(17(14)19(26)28-2)10-6-4-3-5-7-10/h3-9,24H,1-2H3. The quantitative estimate of drug-likeness (QED) is 0.580. The Morgan fingerprint density at radius 1 is 1.07 bits per heavy atom. The highest BCUT2D eigenvalue weighted by Crippen LogP contribution is 2.42. The van der Waals surface area contributed by atoms with Crippen LogP contribution >= 0.6 is 27.5 Å². The van der Waals surface area contributed by atoms with E-state index in [1.165, 1.54) is 31.0 Å². The lowest BCUT2D eigenvalue weighted by atomic mass is 10.0. The van der Waals surface area contributed by atoms with Crippen molar-refractivity contribution in [1.29, 1.82) is 0 Å². The van der Waals surface area contributed by atoms with Gasteiger partial charge < -0.3 is 14.6 Å². The van der Waals surface area contributed by atoms with Crippen LogP contribution in [0, 0.1) is 0 Å². The zero-order valence-electron chi connectivity index (χ0n) is 14.8. The molecular formula is C19H14BrClN2O5. The third-order valence-electron chi connectivity index (χ3n) is 3.96. The van der Waals surface area contributed by atoms with E-state index >= 15 is 0 Å². The SMILES string of the molecule is COC(=O)c1c(-c2c(O)ccc(Cl)c2Br)nn(-c2ccccc2)c1C(=O)OC. The Hall–Kier alpha value is -2.84. The molecule has 0 atom stereocenters. The number of methoxy groups -OCH3 is 2. The summed E-state index contributed by atoms with van der Waals surface area (Å²) < 4.78 is 11.3. The molecule has 1 N–H and O–H groups in total. The summed E-state index contributed by atoms with van der Waals surface area (Å²) in [5.74, 6) is -1.79. The van der Waals surface area contributed by atoms with E-state index in [0.717, 1.165) is 0 Å². The largest absolute Gasteiger partial charge is 0.507 e. The van der Waals surface area contributed by atoms with Crippen LogP contribution in [0.5, 0.6) is 5.75 Å². The number of esters is 2. The highest BCUT2D eigenvalue weighted by molar-refractivity contribution is 9.10. The van der Waals surface area contributed by atoms with E-state index in [4.69, 9.17) is 21.1 Å². The van der Waals surface area contributed by atoms with Crippen molar-refractivity contribution in [3.63, 3.8) is 0 Å². The number of carbonyl (C=O) groups excluding carboxylic acids is 2. The molecule has 0 bridgehead atoms. The fraction of sp³-hybridized carbons (Fsp3) is 0.105. The third-order valence-corrected chi connectivity index (χ3v) is 5.33. The van der Waals surface area contributed by atoms with E-state index in [2.05, 4.69) is 21.0 Å². The molecule has 0 amide bonds. The minimum absolute atomic E-state index is 0.0166. The molecule has 0 unspecified atom stereocenters. The maximum absolute atomic E-state index is 12.6. The Bertz CT molecular complexity index is 1070. The molecule has 0 aliphatic heterocycles. The second-order valence-electron chi connectivity index (χ2n) is 5.56. The molecule has 0 fully saturated rings. The molecule has 0 spiro atoms. The zero-order valence-corrected chi connectivity index (χ0v) is 17.1. The Kier molecular flexibility index (Phi) is 5.71. The molecule has 0 aliphatic carbocycles. The van der Waals surface area contributed by atoms with Gasteiger partial charge in [0.05, 0.1) is 30.5 Å². The number of phenolic OH excluding ortho intramolecular Hbond substituents is 1. The minimum Gasteiger partial charge on any atom is -0.507 e. The highest BCUT2D eigenvalue weighted by atomic mass is 79.9. The fourth-order valence-electron chi connectivity index (χ4n) is 2.70. The van der Waals surface area contributed by atoms with Crippen molar-refractivity contribution in [3.8, 4) is 22.7 Å². The smallest absolute Gasteiger partial charge is 0.357 e. The molecule has 0 saturated heterocycles. The highest BCUT2D eigenvalue weighted by Gasteiger charge is 2.33. The van der Waals surface area contributed by atoms with Crippen molar-refractivity contribution in [3.05, 3.63) is 63.2 Å². The Morgan fingerprint density at radius 2 is 1.71 bits per heavy atom. The van der Waals surface area contributed by atoms with Gasteiger partial charge in [0, 0.05) is 4.47 Å². The van der Waals surface area contributed by atoms with Crippen LogP contribution in [0.15, 0.2) is 46.9 Å². The molecule has 7 nitrogen and oxygen atoms in total. The predicted molar refractivity (Wildman–Crippen MR) is 106 cm³/mol. The van der Waals surface area contributed by atoms with Crippen molar-refractivity contribution in [2.24, 2.45) is 0 Å². The first-order valence-corrected chi connectivity index (χ1v) is 9.10. The van der Waals surface area contributed by atoms with Gasteiger partial charge in [-0.2, -0.15) is 5.10 Å². The molecule has 0 radical (unpaired) electrons. The van der Waals surface area contributed by atoms with Gasteiger partial charge in [0.1, 0.15) is 17.0 Å². The van der Waals surface area contributed by atoms with Gasteiger partial charge in [0.2, 0.25) is 0 Å². The number of aromatic nitrogens is 2. The number of hydrogen-bond donors (Lipinski definition) is 1. The molecule has 0 aliphatic rings. The van der Waals surface area contributed by atoms with E-state index < -0.39 is 11.9 Å². The maximum Gasteiger partial charge on any atom is 0.357 e. The van der Waals surface area contributed by atoms with Crippen LogP contribution in [0.25, 0.3) is 16.9 Å². The molecule has 28 heavy (non-hydrogen) atoms. The number of halogens is 2. The number of nitrogens with zero attached hydrogens (tertiary/aromatic N) is 2. The number of para-hydroxylation sites is 1. The monoisotopic (exact) mass is 464 g/mol. The van der Waals surface area contributed by atoms with Crippen LogP contribution in [0.3, 0.4) is 0 Å². The lowest BCUT2D eigenvalue weighted by Crippen LogP contribution is -2.15. The zero-order chi connectivity index (χ0) is 20.4. The second-order valence-corrected chi connectivity index (χ2v) is 6.76. The molecular weight excluding hydrogens is 452 g/mol. The molecule has 3 aromatic rings.